The molecule has 112 valence electrons. The summed E-state index contributed by atoms with van der Waals surface area (Å²) in [7, 11) is 1.30. The van der Waals surface area contributed by atoms with Crippen LogP contribution in [0.5, 0.6) is 0 Å². The lowest BCUT2D eigenvalue weighted by atomic mass is 9.96. The molecule has 0 aliphatic carbocycles. The lowest BCUT2D eigenvalue weighted by molar-refractivity contribution is -0.147. The van der Waals surface area contributed by atoms with Crippen LogP contribution >= 0.6 is 0 Å². The van der Waals surface area contributed by atoms with Gasteiger partial charge in [-0.3, -0.25) is 4.79 Å². The molecule has 0 aliphatic heterocycles. The number of carbonyl (C=O) groups excluding carboxylic acids is 2. The molecule has 2 rings (SSSR count). The number of hydrogen-bond acceptors (Lipinski definition) is 5. The number of rotatable bonds is 5. The lowest BCUT2D eigenvalue weighted by Gasteiger charge is -2.27. The minimum Gasteiger partial charge on any atom is -0.467 e. The highest BCUT2D eigenvalue weighted by Crippen LogP contribution is 2.18. The molecule has 2 aromatic rings. The molecule has 0 spiro atoms. The van der Waals surface area contributed by atoms with Crippen LogP contribution in [-0.2, 0) is 9.53 Å². The molecule has 0 saturated heterocycles. The molecule has 0 bridgehead atoms. The fourth-order valence-corrected chi connectivity index (χ4v) is 2.30. The van der Waals surface area contributed by atoms with Gasteiger partial charge >= 0.3 is 5.97 Å². The fourth-order valence-electron chi connectivity index (χ4n) is 2.30. The van der Waals surface area contributed by atoms with Crippen LogP contribution < -0.4 is 5.32 Å². The van der Waals surface area contributed by atoms with Crippen molar-refractivity contribution < 1.29 is 14.3 Å². The molecular formula is C14H18N4O3. The molecule has 7 nitrogen and oxygen atoms in total. The molecule has 2 aromatic heterocycles. The molecule has 21 heavy (non-hydrogen) atoms. The molecule has 2 heterocycles. The highest BCUT2D eigenvalue weighted by Gasteiger charge is 2.36. The molecule has 0 unspecified atom stereocenters. The third-order valence-electron chi connectivity index (χ3n) is 3.34. The number of amides is 1. The van der Waals surface area contributed by atoms with Crippen LogP contribution in [0, 0.1) is 0 Å². The van der Waals surface area contributed by atoms with Crippen LogP contribution in [-0.4, -0.2) is 39.5 Å². The topological polar surface area (TPSA) is 97.0 Å². The number of nitrogens with zero attached hydrogens (tertiary/aromatic N) is 2. The van der Waals surface area contributed by atoms with Crippen molar-refractivity contribution in [2.45, 2.75) is 32.2 Å². The van der Waals surface area contributed by atoms with Gasteiger partial charge in [-0.1, -0.05) is 13.3 Å². The predicted molar refractivity (Wildman–Crippen MR) is 76.7 cm³/mol. The smallest absolute Gasteiger partial charge is 0.331 e. The Morgan fingerprint density at radius 1 is 1.43 bits per heavy atom. The summed E-state index contributed by atoms with van der Waals surface area (Å²) in [6.07, 6.45) is 4.20. The Hall–Kier alpha value is -2.44. The molecular weight excluding hydrogens is 272 g/mol. The van der Waals surface area contributed by atoms with Crippen molar-refractivity contribution in [3.05, 3.63) is 24.3 Å². The van der Waals surface area contributed by atoms with E-state index in [0.717, 1.165) is 6.42 Å². The molecule has 0 fully saturated rings. The van der Waals surface area contributed by atoms with E-state index < -0.39 is 17.4 Å². The number of aromatic nitrogens is 3. The zero-order chi connectivity index (χ0) is 15.5. The van der Waals surface area contributed by atoms with E-state index in [2.05, 4.69) is 20.3 Å². The van der Waals surface area contributed by atoms with Crippen molar-refractivity contribution in [2.24, 2.45) is 0 Å². The van der Waals surface area contributed by atoms with Crippen molar-refractivity contribution in [1.82, 2.24) is 20.3 Å². The van der Waals surface area contributed by atoms with E-state index in [1.165, 1.54) is 13.4 Å². The van der Waals surface area contributed by atoms with Crippen molar-refractivity contribution in [1.29, 1.82) is 0 Å². The van der Waals surface area contributed by atoms with Crippen molar-refractivity contribution in [3.8, 4) is 0 Å². The zero-order valence-corrected chi connectivity index (χ0v) is 12.3. The van der Waals surface area contributed by atoms with Crippen LogP contribution in [0.3, 0.4) is 0 Å². The summed E-state index contributed by atoms with van der Waals surface area (Å²) in [6.45, 7) is 3.58. The predicted octanol–water partition coefficient (Wildman–Crippen LogP) is 1.42. The first-order valence-electron chi connectivity index (χ1n) is 6.71. The maximum absolute atomic E-state index is 12.4. The van der Waals surface area contributed by atoms with Gasteiger partial charge in [0.05, 0.1) is 12.5 Å². The lowest BCUT2D eigenvalue weighted by Crippen LogP contribution is -2.52. The number of fused-ring (bicyclic) bond motifs is 1. The monoisotopic (exact) mass is 290 g/mol. The van der Waals surface area contributed by atoms with Crippen LogP contribution in [0.1, 0.15) is 37.2 Å². The standard InChI is InChI=1S/C14H18N4O3/c1-4-6-14(2,13(20)21-3)18-12(19)10-9-5-7-15-11(9)17-8-16-10/h5,7-8H,4,6H2,1-3H3,(H,18,19)(H,15,16,17)/t14-/m1/s1. The number of ether oxygens (including phenoxy) is 1. The summed E-state index contributed by atoms with van der Waals surface area (Å²) >= 11 is 0. The first kappa shape index (κ1) is 15.0. The molecule has 0 saturated carbocycles. The zero-order valence-electron chi connectivity index (χ0n) is 12.3. The van der Waals surface area contributed by atoms with Crippen LogP contribution in [0.4, 0.5) is 0 Å². The third-order valence-corrected chi connectivity index (χ3v) is 3.34. The van der Waals surface area contributed by atoms with E-state index in [4.69, 9.17) is 4.74 Å². The van der Waals surface area contributed by atoms with E-state index in [-0.39, 0.29) is 5.69 Å². The summed E-state index contributed by atoms with van der Waals surface area (Å²) in [5.41, 5.74) is -0.272. The molecule has 7 heteroatoms. The van der Waals surface area contributed by atoms with Gasteiger partial charge in [-0.05, 0) is 19.4 Å². The summed E-state index contributed by atoms with van der Waals surface area (Å²) in [5, 5.41) is 3.34. The molecule has 0 aliphatic rings. The minimum atomic E-state index is -1.08. The molecule has 0 aromatic carbocycles. The molecule has 2 N–H and O–H groups in total. The Bertz CT molecular complexity index is 667. The van der Waals surface area contributed by atoms with Gasteiger partial charge in [0.25, 0.3) is 5.91 Å². The number of esters is 1. The van der Waals surface area contributed by atoms with Gasteiger partial charge in [-0.25, -0.2) is 14.8 Å². The number of hydrogen-bond donors (Lipinski definition) is 2. The van der Waals surface area contributed by atoms with Gasteiger partial charge in [0.2, 0.25) is 0 Å². The SMILES string of the molecule is CCC[C@@](C)(NC(=O)c1ncnc2[nH]ccc12)C(=O)OC. The first-order valence-corrected chi connectivity index (χ1v) is 6.71. The number of carbonyl (C=O) groups is 2. The van der Waals surface area contributed by atoms with E-state index in [1.807, 2.05) is 6.92 Å². The van der Waals surface area contributed by atoms with Crippen LogP contribution in [0.2, 0.25) is 0 Å². The Morgan fingerprint density at radius 3 is 2.86 bits per heavy atom. The van der Waals surface area contributed by atoms with Crippen LogP contribution in [0.25, 0.3) is 11.0 Å². The number of methoxy groups -OCH3 is 1. The molecule has 0 radical (unpaired) electrons. The average molecular weight is 290 g/mol. The van der Waals surface area contributed by atoms with E-state index in [1.54, 1.807) is 19.2 Å². The largest absolute Gasteiger partial charge is 0.467 e. The Morgan fingerprint density at radius 2 is 2.19 bits per heavy atom. The first-order chi connectivity index (χ1) is 10.0. The van der Waals surface area contributed by atoms with Gasteiger partial charge < -0.3 is 15.0 Å². The molecule has 1 atom stereocenters. The Labute approximate surface area is 122 Å². The highest BCUT2D eigenvalue weighted by atomic mass is 16.5. The van der Waals surface area contributed by atoms with Gasteiger partial charge in [0.1, 0.15) is 23.2 Å². The minimum absolute atomic E-state index is 0.229. The van der Waals surface area contributed by atoms with Gasteiger partial charge in [-0.15, -0.1) is 0 Å². The number of nitrogens with one attached hydrogen (secondary N) is 2. The van der Waals surface area contributed by atoms with Gasteiger partial charge in [0, 0.05) is 6.20 Å². The summed E-state index contributed by atoms with van der Waals surface area (Å²) < 4.78 is 4.78. The molecule has 1 amide bonds. The average Bonchev–Trinajstić information content (AvgIpc) is 2.94. The summed E-state index contributed by atoms with van der Waals surface area (Å²) in [6, 6.07) is 1.72. The van der Waals surface area contributed by atoms with Crippen molar-refractivity contribution in [2.75, 3.05) is 7.11 Å². The quantitative estimate of drug-likeness (QED) is 0.812. The second kappa shape index (κ2) is 5.90. The number of H-pyrrole nitrogens is 1. The maximum Gasteiger partial charge on any atom is 0.331 e. The van der Waals surface area contributed by atoms with E-state index >= 15 is 0 Å². The summed E-state index contributed by atoms with van der Waals surface area (Å²) in [4.78, 5) is 35.3. The highest BCUT2D eigenvalue weighted by molar-refractivity contribution is 6.05. The normalized spacial score (nSPS) is 13.7. The second-order valence-electron chi connectivity index (χ2n) is 4.99. The third kappa shape index (κ3) is 2.86. The van der Waals surface area contributed by atoms with Crippen molar-refractivity contribution in [3.63, 3.8) is 0 Å². The van der Waals surface area contributed by atoms with E-state index in [0.29, 0.717) is 17.5 Å². The fraction of sp³-hybridized carbons (Fsp3) is 0.429. The van der Waals surface area contributed by atoms with Crippen molar-refractivity contribution >= 4 is 22.9 Å². The Balaban J connectivity index is 2.31. The Kier molecular flexibility index (Phi) is 4.21. The van der Waals surface area contributed by atoms with Gasteiger partial charge in [0.15, 0.2) is 0 Å². The number of aromatic amines is 1. The second-order valence-corrected chi connectivity index (χ2v) is 4.99. The maximum atomic E-state index is 12.4. The van der Waals surface area contributed by atoms with Crippen LogP contribution in [0.15, 0.2) is 18.6 Å². The van der Waals surface area contributed by atoms with E-state index in [9.17, 15) is 9.59 Å². The summed E-state index contributed by atoms with van der Waals surface area (Å²) in [5.74, 6) is -0.902. The van der Waals surface area contributed by atoms with Gasteiger partial charge in [-0.2, -0.15) is 0 Å².